The number of rotatable bonds is 2. The van der Waals surface area contributed by atoms with E-state index in [1.807, 2.05) is 0 Å². The van der Waals surface area contributed by atoms with Gasteiger partial charge in [0, 0.05) is 0 Å². The maximum absolute atomic E-state index is 2.51. The van der Waals surface area contributed by atoms with Gasteiger partial charge >= 0.3 is 0 Å². The fraction of sp³-hybridized carbons (Fsp3) is 1.00. The molecule has 11 heavy (non-hydrogen) atoms. The Hall–Kier alpha value is 0.217. The lowest BCUT2D eigenvalue weighted by atomic mass is 10.2. The molecule has 0 fully saturated rings. The Morgan fingerprint density at radius 2 is 1.45 bits per heavy atom. The summed E-state index contributed by atoms with van der Waals surface area (Å²) in [5, 5.41) is 0.567. The maximum Gasteiger partial charge on any atom is 0.0530 e. The van der Waals surface area contributed by atoms with Gasteiger partial charge in [0.15, 0.2) is 0 Å². The summed E-state index contributed by atoms with van der Waals surface area (Å²) in [6.07, 6.45) is 0. The van der Waals surface area contributed by atoms with E-state index in [4.69, 9.17) is 0 Å². The minimum atomic E-state index is -0.968. The van der Waals surface area contributed by atoms with Crippen LogP contribution in [0.1, 0.15) is 34.6 Å². The summed E-state index contributed by atoms with van der Waals surface area (Å²) in [6, 6.07) is 1.45. The first-order valence-electron chi connectivity index (χ1n) is 4.67. The zero-order chi connectivity index (χ0) is 9.28. The molecule has 0 saturated carbocycles. The Bertz CT molecular complexity index is 117. The lowest BCUT2D eigenvalue weighted by Gasteiger charge is -2.38. The summed E-state index contributed by atoms with van der Waals surface area (Å²) in [5.74, 6) is 0.871. The second kappa shape index (κ2) is 3.30. The minimum absolute atomic E-state index is 0.567. The van der Waals surface area contributed by atoms with Gasteiger partial charge in [0.05, 0.1) is 8.07 Å². The van der Waals surface area contributed by atoms with Crippen molar-refractivity contribution in [3.05, 3.63) is 0 Å². The molecular formula is C10H24Si. The van der Waals surface area contributed by atoms with E-state index in [-0.39, 0.29) is 0 Å². The van der Waals surface area contributed by atoms with Gasteiger partial charge in [-0.1, -0.05) is 53.8 Å². The summed E-state index contributed by atoms with van der Waals surface area (Å²) in [4.78, 5) is 0. The molecule has 0 aromatic rings. The van der Waals surface area contributed by atoms with Crippen LogP contribution >= 0.6 is 0 Å². The van der Waals surface area contributed by atoms with Gasteiger partial charge in [-0.25, -0.2) is 0 Å². The van der Waals surface area contributed by atoms with Gasteiger partial charge < -0.3 is 0 Å². The third-order valence-corrected chi connectivity index (χ3v) is 8.85. The van der Waals surface area contributed by atoms with Crippen molar-refractivity contribution in [3.8, 4) is 0 Å². The standard InChI is InChI=1S/C10H24Si/c1-9(2)8-11(6,7)10(3,4)5/h9H,8H2,1-7H3. The van der Waals surface area contributed by atoms with Crippen LogP contribution in [0.15, 0.2) is 0 Å². The van der Waals surface area contributed by atoms with Crippen LogP contribution in [0.5, 0.6) is 0 Å². The molecule has 68 valence electrons. The topological polar surface area (TPSA) is 0 Å². The SMILES string of the molecule is CC(C)C[Si](C)(C)C(C)(C)C. The highest BCUT2D eigenvalue weighted by Gasteiger charge is 2.34. The van der Waals surface area contributed by atoms with Crippen molar-refractivity contribution in [1.29, 1.82) is 0 Å². The van der Waals surface area contributed by atoms with Gasteiger partial charge in [-0.3, -0.25) is 0 Å². The number of hydrogen-bond acceptors (Lipinski definition) is 0. The Balaban J connectivity index is 4.22. The molecule has 0 amide bonds. The summed E-state index contributed by atoms with van der Waals surface area (Å²) < 4.78 is 0. The Kier molecular flexibility index (Phi) is 3.37. The van der Waals surface area contributed by atoms with Crippen LogP contribution in [-0.2, 0) is 0 Å². The van der Waals surface area contributed by atoms with E-state index >= 15 is 0 Å². The smallest absolute Gasteiger partial charge is 0.0530 e. The third kappa shape index (κ3) is 3.41. The number of hydrogen-bond donors (Lipinski definition) is 0. The molecular weight excluding hydrogens is 148 g/mol. The average Bonchev–Trinajstić information content (AvgIpc) is 1.56. The quantitative estimate of drug-likeness (QED) is 0.549. The van der Waals surface area contributed by atoms with Crippen molar-refractivity contribution in [2.75, 3.05) is 0 Å². The first-order chi connectivity index (χ1) is 4.67. The minimum Gasteiger partial charge on any atom is -0.0690 e. The van der Waals surface area contributed by atoms with Gasteiger partial charge in [0.1, 0.15) is 0 Å². The average molecular weight is 172 g/mol. The Morgan fingerprint density at radius 3 is 1.55 bits per heavy atom. The first kappa shape index (κ1) is 11.2. The fourth-order valence-electron chi connectivity index (χ4n) is 1.33. The van der Waals surface area contributed by atoms with E-state index in [1.165, 1.54) is 6.04 Å². The lowest BCUT2D eigenvalue weighted by Crippen LogP contribution is -2.38. The van der Waals surface area contributed by atoms with Crippen LogP contribution in [0.4, 0.5) is 0 Å². The third-order valence-electron chi connectivity index (χ3n) is 2.95. The van der Waals surface area contributed by atoms with Crippen molar-refractivity contribution < 1.29 is 0 Å². The molecule has 0 N–H and O–H groups in total. The van der Waals surface area contributed by atoms with Crippen molar-refractivity contribution in [3.63, 3.8) is 0 Å². The van der Waals surface area contributed by atoms with Crippen LogP contribution in [0, 0.1) is 5.92 Å². The fourth-order valence-corrected chi connectivity index (χ4v) is 3.98. The monoisotopic (exact) mass is 172 g/mol. The molecule has 0 heterocycles. The molecule has 0 aliphatic heterocycles. The molecule has 0 spiro atoms. The molecule has 0 bridgehead atoms. The molecule has 0 saturated heterocycles. The van der Waals surface area contributed by atoms with Crippen molar-refractivity contribution in [2.24, 2.45) is 5.92 Å². The van der Waals surface area contributed by atoms with E-state index in [2.05, 4.69) is 47.7 Å². The van der Waals surface area contributed by atoms with E-state index < -0.39 is 8.07 Å². The predicted octanol–water partition coefficient (Wildman–Crippen LogP) is 4.15. The van der Waals surface area contributed by atoms with Crippen molar-refractivity contribution >= 4 is 8.07 Å². The highest BCUT2D eigenvalue weighted by atomic mass is 28.3. The van der Waals surface area contributed by atoms with Crippen LogP contribution in [0.3, 0.4) is 0 Å². The second-order valence-corrected chi connectivity index (χ2v) is 11.4. The molecule has 1 heteroatoms. The van der Waals surface area contributed by atoms with Gasteiger partial charge in [-0.15, -0.1) is 0 Å². The van der Waals surface area contributed by atoms with E-state index in [0.29, 0.717) is 5.04 Å². The predicted molar refractivity (Wildman–Crippen MR) is 56.8 cm³/mol. The summed E-state index contributed by atoms with van der Waals surface area (Å²) >= 11 is 0. The van der Waals surface area contributed by atoms with E-state index in [9.17, 15) is 0 Å². The van der Waals surface area contributed by atoms with Gasteiger partial charge in [-0.05, 0) is 11.0 Å². The van der Waals surface area contributed by atoms with Crippen LogP contribution in [-0.4, -0.2) is 8.07 Å². The van der Waals surface area contributed by atoms with E-state index in [0.717, 1.165) is 5.92 Å². The normalized spacial score (nSPS) is 14.2. The molecule has 0 aliphatic carbocycles. The molecule has 0 radical (unpaired) electrons. The second-order valence-electron chi connectivity index (χ2n) is 5.73. The Morgan fingerprint density at radius 1 is 1.09 bits per heavy atom. The molecule has 0 aromatic carbocycles. The summed E-state index contributed by atoms with van der Waals surface area (Å²) in [5.41, 5.74) is 0. The summed E-state index contributed by atoms with van der Waals surface area (Å²) in [6.45, 7) is 16.9. The molecule has 0 aromatic heterocycles. The maximum atomic E-state index is 2.51. The zero-order valence-electron chi connectivity index (χ0n) is 9.28. The van der Waals surface area contributed by atoms with Crippen LogP contribution in [0.25, 0.3) is 0 Å². The van der Waals surface area contributed by atoms with Gasteiger partial charge in [0.25, 0.3) is 0 Å². The highest BCUT2D eigenvalue weighted by molar-refractivity contribution is 6.80. The molecule has 0 atom stereocenters. The molecule has 0 aliphatic rings. The first-order valence-corrected chi connectivity index (χ1v) is 7.87. The van der Waals surface area contributed by atoms with Crippen molar-refractivity contribution in [1.82, 2.24) is 0 Å². The zero-order valence-corrected chi connectivity index (χ0v) is 10.3. The largest absolute Gasteiger partial charge is 0.0690 e. The van der Waals surface area contributed by atoms with Gasteiger partial charge in [-0.2, -0.15) is 0 Å². The highest BCUT2D eigenvalue weighted by Crippen LogP contribution is 2.40. The van der Waals surface area contributed by atoms with Crippen LogP contribution < -0.4 is 0 Å². The lowest BCUT2D eigenvalue weighted by molar-refractivity contribution is 0.658. The molecule has 0 rings (SSSR count). The van der Waals surface area contributed by atoms with E-state index in [1.54, 1.807) is 0 Å². The van der Waals surface area contributed by atoms with Crippen LogP contribution in [0.2, 0.25) is 24.2 Å². The van der Waals surface area contributed by atoms with Crippen molar-refractivity contribution in [2.45, 2.75) is 58.8 Å². The molecule has 0 unspecified atom stereocenters. The summed E-state index contributed by atoms with van der Waals surface area (Å²) in [7, 11) is -0.968. The molecule has 0 nitrogen and oxygen atoms in total. The van der Waals surface area contributed by atoms with Gasteiger partial charge in [0.2, 0.25) is 0 Å². The Labute approximate surface area is 73.4 Å².